The monoisotopic (exact) mass is 1080 g/mol. The summed E-state index contributed by atoms with van der Waals surface area (Å²) in [6, 6.07) is 22.0. The number of carbonyl (C=O) groups excluding carboxylic acids is 5. The smallest absolute Gasteiger partial charge is 0.272 e. The van der Waals surface area contributed by atoms with Gasteiger partial charge in [0.05, 0.1) is 29.7 Å². The minimum Gasteiger partial charge on any atom is -0.341 e. The van der Waals surface area contributed by atoms with E-state index in [1.54, 1.807) is 45.0 Å². The molecule has 3 N–H and O–H groups in total. The second-order valence-electron chi connectivity index (χ2n) is 22.9. The molecule has 5 heterocycles. The normalized spacial score (nSPS) is 22.3. The van der Waals surface area contributed by atoms with Crippen LogP contribution in [-0.4, -0.2) is 173 Å². The van der Waals surface area contributed by atoms with E-state index >= 15 is 4.39 Å². The van der Waals surface area contributed by atoms with Crippen molar-refractivity contribution < 1.29 is 37.1 Å². The summed E-state index contributed by atoms with van der Waals surface area (Å²) in [7, 11) is 0. The number of halogens is 3. The van der Waals surface area contributed by atoms with Crippen LogP contribution in [0.1, 0.15) is 94.0 Å². The number of amides is 5. The lowest BCUT2D eigenvalue weighted by Gasteiger charge is -2.65. The molecule has 5 aromatic rings. The zero-order valence-corrected chi connectivity index (χ0v) is 44.6. The lowest BCUT2D eigenvalue weighted by atomic mass is 9.41. The van der Waals surface area contributed by atoms with Gasteiger partial charge in [0.2, 0.25) is 17.7 Å². The van der Waals surface area contributed by atoms with Crippen molar-refractivity contribution in [2.45, 2.75) is 69.9 Å². The average Bonchev–Trinajstić information content (AvgIpc) is 3.38. The molecule has 1 aromatic heterocycles. The van der Waals surface area contributed by atoms with E-state index in [0.717, 1.165) is 89.3 Å². The maximum atomic E-state index is 15.1. The van der Waals surface area contributed by atoms with E-state index in [9.17, 15) is 37.5 Å². The number of hydrogen-bond acceptors (Lipinski definition) is 10. The molecule has 4 saturated heterocycles. The molecule has 19 heteroatoms. The van der Waals surface area contributed by atoms with Crippen molar-refractivity contribution in [3.8, 4) is 0 Å². The molecule has 12 rings (SSSR count). The molecule has 3 saturated carbocycles. The first-order chi connectivity index (χ1) is 38.2. The minimum atomic E-state index is -0.658. The number of likely N-dealkylation sites (tertiary alicyclic amines) is 2. The predicted molar refractivity (Wildman–Crippen MR) is 290 cm³/mol. The summed E-state index contributed by atoms with van der Waals surface area (Å²) in [4.78, 5) is 92.9. The van der Waals surface area contributed by atoms with E-state index in [-0.39, 0.29) is 64.7 Å². The lowest BCUT2D eigenvalue weighted by molar-refractivity contribution is -0.164. The van der Waals surface area contributed by atoms with Gasteiger partial charge in [-0.2, -0.15) is 5.10 Å². The summed E-state index contributed by atoms with van der Waals surface area (Å²) >= 11 is 0. The molecule has 2 bridgehead atoms. The molecule has 3 aliphatic carbocycles. The van der Waals surface area contributed by atoms with Crippen molar-refractivity contribution in [2.75, 3.05) is 98.2 Å². The number of nitrogens with one attached hydrogen (secondary N) is 3. The van der Waals surface area contributed by atoms with E-state index in [1.165, 1.54) is 18.2 Å². The molecule has 79 heavy (non-hydrogen) atoms. The van der Waals surface area contributed by atoms with Crippen LogP contribution in [0.3, 0.4) is 0 Å². The summed E-state index contributed by atoms with van der Waals surface area (Å²) in [6.45, 7) is 8.10. The van der Waals surface area contributed by atoms with E-state index < -0.39 is 29.4 Å². The van der Waals surface area contributed by atoms with Crippen LogP contribution in [-0.2, 0) is 27.3 Å². The molecule has 0 radical (unpaired) electrons. The quantitative estimate of drug-likeness (QED) is 0.120. The first-order valence-electron chi connectivity index (χ1n) is 28.1. The van der Waals surface area contributed by atoms with Crippen LogP contribution < -0.4 is 16.2 Å². The maximum Gasteiger partial charge on any atom is 0.272 e. The van der Waals surface area contributed by atoms with Crippen molar-refractivity contribution in [1.29, 1.82) is 0 Å². The van der Waals surface area contributed by atoms with Crippen LogP contribution >= 0.6 is 0 Å². The number of H-pyrrole nitrogens is 1. The third-order valence-corrected chi connectivity index (χ3v) is 17.8. The standard InChI is InChI=1S/C60H69F3N10O6/c61-46-12-11-44(51(63)30-46)34-64-35-53(74)73-16-4-7-45(37-73)42-5-3-6-43(29-42)56(76)65-55(60-31-41(32-60)33-60)59(79)72-21-19-69(20-22-72)36-39-14-17-68(18-15-39)38-54(75)70-23-25-71(26-24-70)58(78)49-27-40(10-13-50(49)62)28-52-47-8-1-2-9-48(47)57(77)67-66-52/h1-3,5-6,8-13,27,29-30,39,41,45,55,64H,4,7,14-26,28,31-38H2,(H,65,76)(H,67,77)/t41?,45?,55-,60?/m0/s1. The molecule has 4 aliphatic heterocycles. The Bertz CT molecular complexity index is 3150. The lowest BCUT2D eigenvalue weighted by Crippen LogP contribution is -2.69. The molecule has 0 spiro atoms. The predicted octanol–water partition coefficient (Wildman–Crippen LogP) is 5.17. The van der Waals surface area contributed by atoms with Crippen LogP contribution in [0, 0.1) is 34.7 Å². The Morgan fingerprint density at radius 1 is 0.696 bits per heavy atom. The van der Waals surface area contributed by atoms with E-state index in [2.05, 4.69) is 30.6 Å². The highest BCUT2D eigenvalue weighted by atomic mass is 19.1. The van der Waals surface area contributed by atoms with Gasteiger partial charge in [0, 0.05) is 119 Å². The average molecular weight is 1080 g/mol. The molecule has 5 amide bonds. The molecular weight excluding hydrogens is 1010 g/mol. The summed E-state index contributed by atoms with van der Waals surface area (Å²) < 4.78 is 42.6. The van der Waals surface area contributed by atoms with E-state index in [0.29, 0.717) is 105 Å². The Kier molecular flexibility index (Phi) is 16.0. The van der Waals surface area contributed by atoms with Gasteiger partial charge in [-0.3, -0.25) is 38.6 Å². The minimum absolute atomic E-state index is 0.00297. The van der Waals surface area contributed by atoms with Crippen molar-refractivity contribution >= 4 is 40.3 Å². The Labute approximate surface area is 457 Å². The van der Waals surface area contributed by atoms with Crippen molar-refractivity contribution in [1.82, 2.24) is 50.2 Å². The zero-order valence-electron chi connectivity index (χ0n) is 44.6. The Balaban J connectivity index is 0.606. The molecule has 1 unspecified atom stereocenters. The number of benzene rings is 4. The van der Waals surface area contributed by atoms with Crippen LogP contribution in [0.25, 0.3) is 10.8 Å². The largest absolute Gasteiger partial charge is 0.341 e. The van der Waals surface area contributed by atoms with Gasteiger partial charge in [-0.05, 0) is 117 Å². The van der Waals surface area contributed by atoms with E-state index in [4.69, 9.17) is 0 Å². The van der Waals surface area contributed by atoms with Gasteiger partial charge in [-0.15, -0.1) is 0 Å². The number of carbonyl (C=O) groups is 5. The number of nitrogens with zero attached hydrogens (tertiary/aromatic N) is 7. The number of aromatic amines is 1. The summed E-state index contributed by atoms with van der Waals surface area (Å²) in [5.41, 5.74) is 2.52. The zero-order chi connectivity index (χ0) is 54.8. The second kappa shape index (κ2) is 23.4. The third-order valence-electron chi connectivity index (χ3n) is 17.8. The number of hydrogen-bond donors (Lipinski definition) is 3. The highest BCUT2D eigenvalue weighted by molar-refractivity contribution is 5.98. The van der Waals surface area contributed by atoms with E-state index in [1.807, 2.05) is 35.2 Å². The van der Waals surface area contributed by atoms with Gasteiger partial charge in [0.1, 0.15) is 23.5 Å². The molecule has 416 valence electrons. The molecule has 16 nitrogen and oxygen atoms in total. The fourth-order valence-corrected chi connectivity index (χ4v) is 13.1. The maximum absolute atomic E-state index is 15.1. The summed E-state index contributed by atoms with van der Waals surface area (Å²) in [5.74, 6) is -1.58. The summed E-state index contributed by atoms with van der Waals surface area (Å²) in [6.07, 6.45) is 6.73. The Hall–Kier alpha value is -6.96. The van der Waals surface area contributed by atoms with Crippen LogP contribution in [0.2, 0.25) is 0 Å². The number of fused-ring (bicyclic) bond motifs is 1. The number of aromatic nitrogens is 2. The fourth-order valence-electron chi connectivity index (χ4n) is 13.1. The molecule has 7 aliphatic rings. The second-order valence-corrected chi connectivity index (χ2v) is 22.9. The highest BCUT2D eigenvalue weighted by Gasteiger charge is 2.63. The fraction of sp³-hybridized carbons (Fsp3) is 0.483. The van der Waals surface area contributed by atoms with Gasteiger partial charge in [-0.1, -0.05) is 42.5 Å². The summed E-state index contributed by atoms with van der Waals surface area (Å²) in [5, 5.41) is 14.2. The van der Waals surface area contributed by atoms with Crippen molar-refractivity contribution in [3.63, 3.8) is 0 Å². The number of piperazine rings is 2. The van der Waals surface area contributed by atoms with Gasteiger partial charge >= 0.3 is 0 Å². The van der Waals surface area contributed by atoms with Gasteiger partial charge in [0.15, 0.2) is 0 Å². The van der Waals surface area contributed by atoms with Gasteiger partial charge in [0.25, 0.3) is 17.4 Å². The topological polar surface area (TPSA) is 175 Å². The molecular formula is C60H69F3N10O6. The van der Waals surface area contributed by atoms with Crippen LogP contribution in [0.4, 0.5) is 13.2 Å². The van der Waals surface area contributed by atoms with Crippen LogP contribution in [0.5, 0.6) is 0 Å². The van der Waals surface area contributed by atoms with Gasteiger partial charge in [-0.25, -0.2) is 18.3 Å². The molecule has 2 atom stereocenters. The number of piperidine rings is 2. The Morgan fingerprint density at radius 2 is 1.43 bits per heavy atom. The van der Waals surface area contributed by atoms with Crippen LogP contribution in [0.15, 0.2) is 89.7 Å². The molecule has 4 aromatic carbocycles. The SMILES string of the molecule is O=C(N[C@@H](C(=O)N1CCN(CC2CCN(CC(=O)N3CCN(C(=O)c4cc(Cc5n[nH]c(=O)c6ccccc56)ccc4F)CC3)CC2)CC1)C12CC(C1)C2)c1cccc(C2CCCN(C(=O)CNCc3ccc(F)cc3F)C2)c1. The van der Waals surface area contributed by atoms with Gasteiger partial charge < -0.3 is 30.2 Å². The number of rotatable bonds is 16. The highest BCUT2D eigenvalue weighted by Crippen LogP contribution is 2.66. The van der Waals surface area contributed by atoms with Crippen molar-refractivity contribution in [3.05, 3.63) is 146 Å². The third kappa shape index (κ3) is 12.0. The first kappa shape index (κ1) is 54.0. The van der Waals surface area contributed by atoms with Crippen molar-refractivity contribution in [2.24, 2.45) is 17.3 Å². The first-order valence-corrected chi connectivity index (χ1v) is 28.1. The molecule has 7 fully saturated rings. The Morgan fingerprint density at radius 3 is 2.16 bits per heavy atom.